The largest absolute Gasteiger partial charge is 0.370 e. The maximum absolute atomic E-state index is 12.4. The van der Waals surface area contributed by atoms with Crippen LogP contribution in [0.4, 0.5) is 11.4 Å². The van der Waals surface area contributed by atoms with Gasteiger partial charge in [0.05, 0.1) is 11.4 Å². The van der Waals surface area contributed by atoms with E-state index in [4.69, 9.17) is 0 Å². The minimum Gasteiger partial charge on any atom is -0.370 e. The predicted molar refractivity (Wildman–Crippen MR) is 93.6 cm³/mol. The fourth-order valence-electron chi connectivity index (χ4n) is 2.53. The number of anilines is 2. The fourth-order valence-corrected chi connectivity index (χ4v) is 2.53. The van der Waals surface area contributed by atoms with Gasteiger partial charge in [0, 0.05) is 18.5 Å². The maximum atomic E-state index is 12.4. The number of para-hydroxylation sites is 2. The predicted octanol–water partition coefficient (Wildman–Crippen LogP) is 2.78. The van der Waals surface area contributed by atoms with Crippen LogP contribution in [-0.4, -0.2) is 30.9 Å². The summed E-state index contributed by atoms with van der Waals surface area (Å²) in [6, 6.07) is 7.25. The van der Waals surface area contributed by atoms with Crippen LogP contribution in [0.2, 0.25) is 0 Å². The van der Waals surface area contributed by atoms with Gasteiger partial charge in [0.1, 0.15) is 6.04 Å². The highest BCUT2D eigenvalue weighted by Crippen LogP contribution is 2.28. The van der Waals surface area contributed by atoms with E-state index in [1.807, 2.05) is 45.0 Å². The number of hydrogen-bond donors (Lipinski definition) is 2. The van der Waals surface area contributed by atoms with Crippen molar-refractivity contribution in [2.75, 3.05) is 23.3 Å². The van der Waals surface area contributed by atoms with Crippen molar-refractivity contribution in [3.8, 4) is 0 Å². The van der Waals surface area contributed by atoms with E-state index in [1.54, 1.807) is 6.92 Å². The number of carbonyl (C=O) groups excluding carboxylic acids is 2. The minimum atomic E-state index is -0.576. The highest BCUT2D eigenvalue weighted by molar-refractivity contribution is 5.99. The zero-order valence-corrected chi connectivity index (χ0v) is 14.5. The monoisotopic (exact) mass is 317 g/mol. The van der Waals surface area contributed by atoms with Gasteiger partial charge in [0.2, 0.25) is 11.8 Å². The van der Waals surface area contributed by atoms with Gasteiger partial charge in [-0.15, -0.1) is 0 Å². The molecule has 0 saturated carbocycles. The van der Waals surface area contributed by atoms with Gasteiger partial charge >= 0.3 is 0 Å². The van der Waals surface area contributed by atoms with Crippen LogP contribution in [0, 0.1) is 5.41 Å². The van der Waals surface area contributed by atoms with Crippen molar-refractivity contribution in [3.05, 3.63) is 24.3 Å². The van der Waals surface area contributed by atoms with Crippen LogP contribution in [0.5, 0.6) is 0 Å². The van der Waals surface area contributed by atoms with Gasteiger partial charge in [0.15, 0.2) is 0 Å². The first kappa shape index (κ1) is 17.3. The standard InChI is InChI=1S/C18H27N3O2/c1-13(19-17(23)18(2,3)4)16(22)20-14-9-5-6-10-15(14)21-11-7-8-12-21/h5-6,9-10,13H,7-8,11-12H2,1-4H3,(H,19,23)(H,20,22). The van der Waals surface area contributed by atoms with Crippen molar-refractivity contribution in [2.24, 2.45) is 5.41 Å². The Morgan fingerprint density at radius 1 is 1.13 bits per heavy atom. The molecular weight excluding hydrogens is 290 g/mol. The van der Waals surface area contributed by atoms with Crippen LogP contribution >= 0.6 is 0 Å². The normalized spacial score (nSPS) is 16.1. The second-order valence-corrected chi connectivity index (χ2v) is 7.15. The third-order valence-electron chi connectivity index (χ3n) is 4.03. The lowest BCUT2D eigenvalue weighted by atomic mass is 9.95. The number of amides is 2. The fraction of sp³-hybridized carbons (Fsp3) is 0.556. The number of rotatable bonds is 4. The van der Waals surface area contributed by atoms with E-state index in [-0.39, 0.29) is 11.8 Å². The molecule has 1 aromatic rings. The Labute approximate surface area is 138 Å². The number of nitrogens with one attached hydrogen (secondary N) is 2. The molecule has 0 spiro atoms. The summed E-state index contributed by atoms with van der Waals surface area (Å²) in [7, 11) is 0. The van der Waals surface area contributed by atoms with E-state index in [9.17, 15) is 9.59 Å². The number of nitrogens with zero attached hydrogens (tertiary/aromatic N) is 1. The highest BCUT2D eigenvalue weighted by atomic mass is 16.2. The molecule has 0 bridgehead atoms. The highest BCUT2D eigenvalue weighted by Gasteiger charge is 2.25. The molecule has 1 aromatic carbocycles. The first-order chi connectivity index (χ1) is 10.8. The van der Waals surface area contributed by atoms with Crippen LogP contribution in [0.25, 0.3) is 0 Å². The van der Waals surface area contributed by atoms with Crippen molar-refractivity contribution >= 4 is 23.2 Å². The summed E-state index contributed by atoms with van der Waals surface area (Å²) >= 11 is 0. The SMILES string of the molecule is CC(NC(=O)C(C)(C)C)C(=O)Nc1ccccc1N1CCCC1. The smallest absolute Gasteiger partial charge is 0.246 e. The minimum absolute atomic E-state index is 0.132. The van der Waals surface area contributed by atoms with Gasteiger partial charge in [-0.3, -0.25) is 9.59 Å². The van der Waals surface area contributed by atoms with Crippen molar-refractivity contribution in [1.29, 1.82) is 0 Å². The molecule has 23 heavy (non-hydrogen) atoms. The summed E-state index contributed by atoms with van der Waals surface area (Å²) in [5.74, 6) is -0.331. The molecule has 1 aliphatic heterocycles. The summed E-state index contributed by atoms with van der Waals surface area (Å²) < 4.78 is 0. The summed E-state index contributed by atoms with van der Waals surface area (Å²) in [4.78, 5) is 26.7. The quantitative estimate of drug-likeness (QED) is 0.897. The van der Waals surface area contributed by atoms with Crippen molar-refractivity contribution < 1.29 is 9.59 Å². The molecule has 1 atom stereocenters. The van der Waals surface area contributed by atoms with Crippen LogP contribution < -0.4 is 15.5 Å². The Kier molecular flexibility index (Phi) is 5.29. The molecule has 5 nitrogen and oxygen atoms in total. The second-order valence-electron chi connectivity index (χ2n) is 7.15. The summed E-state index contributed by atoms with van der Waals surface area (Å²) in [5, 5.41) is 5.71. The van der Waals surface area contributed by atoms with Crippen molar-refractivity contribution in [1.82, 2.24) is 5.32 Å². The Hall–Kier alpha value is -2.04. The van der Waals surface area contributed by atoms with E-state index in [1.165, 1.54) is 12.8 Å². The van der Waals surface area contributed by atoms with Crippen LogP contribution in [-0.2, 0) is 9.59 Å². The number of hydrogen-bond acceptors (Lipinski definition) is 3. The molecule has 0 aromatic heterocycles. The van der Waals surface area contributed by atoms with E-state index in [0.717, 1.165) is 24.5 Å². The third-order valence-corrected chi connectivity index (χ3v) is 4.03. The molecule has 1 heterocycles. The average Bonchev–Trinajstić information content (AvgIpc) is 3.00. The average molecular weight is 317 g/mol. The van der Waals surface area contributed by atoms with Gasteiger partial charge in [-0.05, 0) is 31.9 Å². The third kappa shape index (κ3) is 4.47. The van der Waals surface area contributed by atoms with Gasteiger partial charge in [0.25, 0.3) is 0 Å². The first-order valence-corrected chi connectivity index (χ1v) is 8.25. The van der Waals surface area contributed by atoms with E-state index in [2.05, 4.69) is 15.5 Å². The first-order valence-electron chi connectivity index (χ1n) is 8.25. The van der Waals surface area contributed by atoms with Crippen LogP contribution in [0.1, 0.15) is 40.5 Å². The zero-order chi connectivity index (χ0) is 17.0. The molecule has 0 aliphatic carbocycles. The Bertz CT molecular complexity index is 572. The molecule has 126 valence electrons. The van der Waals surface area contributed by atoms with E-state index in [0.29, 0.717) is 0 Å². The number of benzene rings is 1. The maximum Gasteiger partial charge on any atom is 0.246 e. The van der Waals surface area contributed by atoms with Crippen molar-refractivity contribution in [2.45, 2.75) is 46.6 Å². The van der Waals surface area contributed by atoms with Gasteiger partial charge in [-0.2, -0.15) is 0 Å². The molecule has 2 rings (SSSR count). The van der Waals surface area contributed by atoms with Gasteiger partial charge < -0.3 is 15.5 Å². The molecule has 1 fully saturated rings. The molecule has 2 N–H and O–H groups in total. The topological polar surface area (TPSA) is 61.4 Å². The molecule has 1 unspecified atom stereocenters. The summed E-state index contributed by atoms with van der Waals surface area (Å²) in [5.41, 5.74) is 1.34. The Morgan fingerprint density at radius 2 is 1.74 bits per heavy atom. The second kappa shape index (κ2) is 7.02. The molecule has 0 radical (unpaired) electrons. The molecule has 1 saturated heterocycles. The molecular formula is C18H27N3O2. The summed E-state index contributed by atoms with van der Waals surface area (Å²) in [6.07, 6.45) is 2.36. The van der Waals surface area contributed by atoms with Gasteiger partial charge in [-0.25, -0.2) is 0 Å². The molecule has 5 heteroatoms. The lowest BCUT2D eigenvalue weighted by Crippen LogP contribution is -2.46. The van der Waals surface area contributed by atoms with Crippen LogP contribution in [0.15, 0.2) is 24.3 Å². The van der Waals surface area contributed by atoms with Crippen LogP contribution in [0.3, 0.4) is 0 Å². The lowest BCUT2D eigenvalue weighted by Gasteiger charge is -2.24. The van der Waals surface area contributed by atoms with Crippen molar-refractivity contribution in [3.63, 3.8) is 0 Å². The Balaban J connectivity index is 2.04. The Morgan fingerprint density at radius 3 is 2.35 bits per heavy atom. The van der Waals surface area contributed by atoms with E-state index >= 15 is 0 Å². The zero-order valence-electron chi connectivity index (χ0n) is 14.5. The molecule has 1 aliphatic rings. The lowest BCUT2D eigenvalue weighted by molar-refractivity contribution is -0.131. The number of carbonyl (C=O) groups is 2. The summed E-state index contributed by atoms with van der Waals surface area (Å²) in [6.45, 7) is 9.23. The molecule has 2 amide bonds. The van der Waals surface area contributed by atoms with Gasteiger partial charge in [-0.1, -0.05) is 32.9 Å². The van der Waals surface area contributed by atoms with E-state index < -0.39 is 11.5 Å².